The molecule has 2 aromatic carbocycles. The topological polar surface area (TPSA) is 49.4 Å². The molecule has 0 aliphatic rings. The maximum atomic E-state index is 14.0. The number of carbonyl (C=O) groups is 2. The van der Waals surface area contributed by atoms with Gasteiger partial charge < -0.3 is 10.2 Å². The lowest BCUT2D eigenvalue weighted by molar-refractivity contribution is -0.140. The number of nitrogens with one attached hydrogen (secondary N) is 1. The summed E-state index contributed by atoms with van der Waals surface area (Å²) in [5.41, 5.74) is 2.38. The van der Waals surface area contributed by atoms with Crippen molar-refractivity contribution in [2.24, 2.45) is 0 Å². The molecule has 0 spiro atoms. The minimum Gasteiger partial charge on any atom is -0.352 e. The van der Waals surface area contributed by atoms with Crippen LogP contribution in [0.2, 0.25) is 0 Å². The van der Waals surface area contributed by atoms with E-state index in [-0.39, 0.29) is 24.3 Å². The lowest BCUT2D eigenvalue weighted by Gasteiger charge is -2.30. The highest BCUT2D eigenvalue weighted by atomic mass is 19.1. The highest BCUT2D eigenvalue weighted by Gasteiger charge is 2.27. The molecule has 0 unspecified atom stereocenters. The maximum Gasteiger partial charge on any atom is 0.242 e. The molecule has 0 aliphatic carbocycles. The Morgan fingerprint density at radius 3 is 2.32 bits per heavy atom. The van der Waals surface area contributed by atoms with E-state index in [1.54, 1.807) is 25.1 Å². The molecule has 2 amide bonds. The Labute approximate surface area is 166 Å². The van der Waals surface area contributed by atoms with Gasteiger partial charge in [-0.05, 0) is 44.4 Å². The van der Waals surface area contributed by atoms with Crippen molar-refractivity contribution < 1.29 is 14.0 Å². The number of carbonyl (C=O) groups excluding carboxylic acids is 2. The zero-order valence-corrected chi connectivity index (χ0v) is 17.0. The second-order valence-electron chi connectivity index (χ2n) is 7.27. The van der Waals surface area contributed by atoms with Crippen LogP contribution in [0.5, 0.6) is 0 Å². The van der Waals surface area contributed by atoms with Crippen LogP contribution in [0.15, 0.2) is 48.5 Å². The summed E-state index contributed by atoms with van der Waals surface area (Å²) in [5, 5.41) is 2.93. The molecule has 2 rings (SSSR count). The molecule has 0 saturated heterocycles. The Balaban J connectivity index is 2.23. The standard InChI is InChI=1S/C23H29FN2O2/c1-5-17(3)25-23(28)18(4)26(15-19-12-10-16(2)11-13-19)22(27)14-20-8-6-7-9-21(20)24/h6-13,17-18H,5,14-15H2,1-4H3,(H,25,28)/t17-,18-/m0/s1. The van der Waals surface area contributed by atoms with Crippen LogP contribution in [0.1, 0.15) is 43.9 Å². The molecule has 0 aliphatic heterocycles. The number of halogens is 1. The van der Waals surface area contributed by atoms with Gasteiger partial charge in [0.05, 0.1) is 6.42 Å². The fraction of sp³-hybridized carbons (Fsp3) is 0.391. The van der Waals surface area contributed by atoms with Crippen LogP contribution in [0.25, 0.3) is 0 Å². The summed E-state index contributed by atoms with van der Waals surface area (Å²) in [6, 6.07) is 13.4. The van der Waals surface area contributed by atoms with Gasteiger partial charge in [0.2, 0.25) is 11.8 Å². The first-order valence-corrected chi connectivity index (χ1v) is 9.70. The number of nitrogens with zero attached hydrogens (tertiary/aromatic N) is 1. The SMILES string of the molecule is CC[C@H](C)NC(=O)[C@H](C)N(Cc1ccc(C)cc1)C(=O)Cc1ccccc1F. The fourth-order valence-corrected chi connectivity index (χ4v) is 2.84. The summed E-state index contributed by atoms with van der Waals surface area (Å²) in [4.78, 5) is 27.2. The summed E-state index contributed by atoms with van der Waals surface area (Å²) in [6.45, 7) is 7.92. The van der Waals surface area contributed by atoms with Crippen molar-refractivity contribution in [2.45, 2.75) is 59.2 Å². The molecule has 28 heavy (non-hydrogen) atoms. The largest absolute Gasteiger partial charge is 0.352 e. The number of amides is 2. The smallest absolute Gasteiger partial charge is 0.242 e. The normalized spacial score (nSPS) is 12.9. The zero-order valence-electron chi connectivity index (χ0n) is 17.0. The van der Waals surface area contributed by atoms with Crippen molar-refractivity contribution in [1.29, 1.82) is 0 Å². The highest BCUT2D eigenvalue weighted by molar-refractivity contribution is 5.88. The summed E-state index contributed by atoms with van der Waals surface area (Å²) < 4.78 is 14.0. The van der Waals surface area contributed by atoms with Crippen molar-refractivity contribution >= 4 is 11.8 Å². The lowest BCUT2D eigenvalue weighted by atomic mass is 10.1. The van der Waals surface area contributed by atoms with Gasteiger partial charge in [0, 0.05) is 12.6 Å². The molecule has 0 aromatic heterocycles. The molecular weight excluding hydrogens is 355 g/mol. The third-order valence-electron chi connectivity index (χ3n) is 4.94. The molecule has 0 bridgehead atoms. The quantitative estimate of drug-likeness (QED) is 0.748. The van der Waals surface area contributed by atoms with Crippen molar-refractivity contribution in [3.05, 3.63) is 71.0 Å². The van der Waals surface area contributed by atoms with Gasteiger partial charge in [0.1, 0.15) is 11.9 Å². The third kappa shape index (κ3) is 5.91. The van der Waals surface area contributed by atoms with Gasteiger partial charge in [-0.25, -0.2) is 4.39 Å². The van der Waals surface area contributed by atoms with Crippen LogP contribution in [0.4, 0.5) is 4.39 Å². The average Bonchev–Trinajstić information content (AvgIpc) is 2.68. The van der Waals surface area contributed by atoms with Crippen molar-refractivity contribution in [2.75, 3.05) is 0 Å². The van der Waals surface area contributed by atoms with Crippen molar-refractivity contribution in [1.82, 2.24) is 10.2 Å². The molecule has 1 N–H and O–H groups in total. The van der Waals surface area contributed by atoms with E-state index in [1.807, 2.05) is 45.0 Å². The monoisotopic (exact) mass is 384 g/mol. The van der Waals surface area contributed by atoms with Gasteiger partial charge in [-0.15, -0.1) is 0 Å². The molecule has 0 radical (unpaired) electrons. The van der Waals surface area contributed by atoms with Gasteiger partial charge in [-0.2, -0.15) is 0 Å². The summed E-state index contributed by atoms with van der Waals surface area (Å²) in [7, 11) is 0. The number of benzene rings is 2. The van der Waals surface area contributed by atoms with Gasteiger partial charge in [-0.3, -0.25) is 9.59 Å². The second-order valence-corrected chi connectivity index (χ2v) is 7.27. The number of hydrogen-bond acceptors (Lipinski definition) is 2. The molecule has 0 heterocycles. The van der Waals surface area contributed by atoms with E-state index in [1.165, 1.54) is 11.0 Å². The van der Waals surface area contributed by atoms with Crippen LogP contribution >= 0.6 is 0 Å². The lowest BCUT2D eigenvalue weighted by Crippen LogP contribution is -2.50. The predicted molar refractivity (Wildman–Crippen MR) is 109 cm³/mol. The Morgan fingerprint density at radius 1 is 1.07 bits per heavy atom. The van der Waals surface area contributed by atoms with Crippen LogP contribution in [-0.4, -0.2) is 28.8 Å². The molecule has 4 nitrogen and oxygen atoms in total. The van der Waals surface area contributed by atoms with Gasteiger partial charge in [0.25, 0.3) is 0 Å². The average molecular weight is 384 g/mol. The first-order chi connectivity index (χ1) is 13.3. The van der Waals surface area contributed by atoms with E-state index >= 15 is 0 Å². The molecule has 150 valence electrons. The van der Waals surface area contributed by atoms with E-state index in [0.717, 1.165) is 17.5 Å². The van der Waals surface area contributed by atoms with Crippen LogP contribution < -0.4 is 5.32 Å². The summed E-state index contributed by atoms with van der Waals surface area (Å²) >= 11 is 0. The first-order valence-electron chi connectivity index (χ1n) is 9.70. The fourth-order valence-electron chi connectivity index (χ4n) is 2.84. The van der Waals surface area contributed by atoms with Gasteiger partial charge in [0.15, 0.2) is 0 Å². The zero-order chi connectivity index (χ0) is 20.7. The Bertz CT molecular complexity index is 805. The Morgan fingerprint density at radius 2 is 1.71 bits per heavy atom. The number of rotatable bonds is 8. The maximum absolute atomic E-state index is 14.0. The Kier molecular flexibility index (Phi) is 7.73. The van der Waals surface area contributed by atoms with Gasteiger partial charge in [-0.1, -0.05) is 55.0 Å². The summed E-state index contributed by atoms with van der Waals surface area (Å²) in [5.74, 6) is -0.899. The third-order valence-corrected chi connectivity index (χ3v) is 4.94. The molecule has 2 atom stereocenters. The second kappa shape index (κ2) is 10.0. The van der Waals surface area contributed by atoms with E-state index in [0.29, 0.717) is 12.1 Å². The first kappa shape index (κ1) is 21.6. The van der Waals surface area contributed by atoms with Crippen molar-refractivity contribution in [3.8, 4) is 0 Å². The van der Waals surface area contributed by atoms with Crippen LogP contribution in [-0.2, 0) is 22.6 Å². The van der Waals surface area contributed by atoms with E-state index in [4.69, 9.17) is 0 Å². The molecule has 2 aromatic rings. The van der Waals surface area contributed by atoms with E-state index in [9.17, 15) is 14.0 Å². The minimum atomic E-state index is -0.658. The highest BCUT2D eigenvalue weighted by Crippen LogP contribution is 2.15. The number of hydrogen-bond donors (Lipinski definition) is 1. The molecule has 0 fully saturated rings. The van der Waals surface area contributed by atoms with Crippen molar-refractivity contribution in [3.63, 3.8) is 0 Å². The number of aryl methyl sites for hydroxylation is 1. The van der Waals surface area contributed by atoms with Crippen LogP contribution in [0.3, 0.4) is 0 Å². The molecule has 5 heteroatoms. The molecule has 0 saturated carbocycles. The minimum absolute atomic E-state index is 0.0258. The predicted octanol–water partition coefficient (Wildman–Crippen LogP) is 4.01. The van der Waals surface area contributed by atoms with E-state index in [2.05, 4.69) is 5.32 Å². The van der Waals surface area contributed by atoms with Gasteiger partial charge >= 0.3 is 0 Å². The van der Waals surface area contributed by atoms with Crippen LogP contribution in [0, 0.1) is 12.7 Å². The summed E-state index contributed by atoms with van der Waals surface area (Å²) in [6.07, 6.45) is 0.721. The molecular formula is C23H29FN2O2. The van der Waals surface area contributed by atoms with E-state index < -0.39 is 11.9 Å². The Hall–Kier alpha value is -2.69.